The summed E-state index contributed by atoms with van der Waals surface area (Å²) in [6.07, 6.45) is 5.76. The van der Waals surface area contributed by atoms with Crippen molar-refractivity contribution in [3.05, 3.63) is 23.7 Å². The van der Waals surface area contributed by atoms with Crippen molar-refractivity contribution in [2.24, 2.45) is 0 Å². The number of aryl methyl sites for hydroxylation is 1. The number of hydrogen-bond donors (Lipinski definition) is 1. The van der Waals surface area contributed by atoms with Crippen LogP contribution in [0.2, 0.25) is 0 Å². The van der Waals surface area contributed by atoms with E-state index in [9.17, 15) is 8.42 Å². The van der Waals surface area contributed by atoms with Gasteiger partial charge in [0.1, 0.15) is 5.76 Å². The zero-order valence-corrected chi connectivity index (χ0v) is 13.1. The van der Waals surface area contributed by atoms with Crippen LogP contribution in [0.3, 0.4) is 0 Å². The van der Waals surface area contributed by atoms with Crippen LogP contribution in [0.4, 0.5) is 0 Å². The van der Waals surface area contributed by atoms with Crippen LogP contribution >= 0.6 is 0 Å². The largest absolute Gasteiger partial charge is 0.469 e. The molecule has 0 radical (unpaired) electrons. The highest BCUT2D eigenvalue weighted by molar-refractivity contribution is 7.89. The molecule has 1 aliphatic rings. The van der Waals surface area contributed by atoms with E-state index in [1.165, 1.54) is 17.1 Å². The maximum atomic E-state index is 12.3. The third-order valence-electron chi connectivity index (χ3n) is 3.97. The van der Waals surface area contributed by atoms with E-state index in [4.69, 9.17) is 4.42 Å². The second-order valence-electron chi connectivity index (χ2n) is 5.51. The van der Waals surface area contributed by atoms with E-state index < -0.39 is 10.0 Å². The quantitative estimate of drug-likeness (QED) is 0.871. The van der Waals surface area contributed by atoms with E-state index in [0.29, 0.717) is 19.0 Å². The number of sulfonamides is 1. The SMILES string of the molecule is Cc1occc1CN(C)S(=O)(=O)CCC1CCCCN1. The minimum atomic E-state index is -3.20. The van der Waals surface area contributed by atoms with Crippen LogP contribution in [-0.2, 0) is 16.6 Å². The molecular weight excluding hydrogens is 276 g/mol. The van der Waals surface area contributed by atoms with Crippen LogP contribution < -0.4 is 5.32 Å². The maximum Gasteiger partial charge on any atom is 0.214 e. The van der Waals surface area contributed by atoms with Gasteiger partial charge in [0, 0.05) is 25.2 Å². The maximum absolute atomic E-state index is 12.3. The van der Waals surface area contributed by atoms with Crippen LogP contribution in [0.25, 0.3) is 0 Å². The van der Waals surface area contributed by atoms with Crippen LogP contribution in [0.5, 0.6) is 0 Å². The topological polar surface area (TPSA) is 62.6 Å². The van der Waals surface area contributed by atoms with Crippen molar-refractivity contribution < 1.29 is 12.8 Å². The van der Waals surface area contributed by atoms with Gasteiger partial charge < -0.3 is 9.73 Å². The zero-order chi connectivity index (χ0) is 14.6. The molecule has 1 unspecified atom stereocenters. The van der Waals surface area contributed by atoms with Crippen molar-refractivity contribution in [2.75, 3.05) is 19.3 Å². The first kappa shape index (κ1) is 15.5. The second-order valence-corrected chi connectivity index (χ2v) is 7.71. The molecule has 0 saturated carbocycles. The first-order chi connectivity index (χ1) is 9.49. The van der Waals surface area contributed by atoms with E-state index in [0.717, 1.165) is 24.3 Å². The van der Waals surface area contributed by atoms with E-state index in [1.54, 1.807) is 13.3 Å². The highest BCUT2D eigenvalue weighted by Crippen LogP contribution is 2.16. The Morgan fingerprint density at radius 1 is 1.45 bits per heavy atom. The Morgan fingerprint density at radius 3 is 2.85 bits per heavy atom. The van der Waals surface area contributed by atoms with Crippen LogP contribution in [0.1, 0.15) is 37.0 Å². The van der Waals surface area contributed by atoms with Crippen molar-refractivity contribution in [2.45, 2.75) is 45.2 Å². The van der Waals surface area contributed by atoms with Crippen LogP contribution in [-0.4, -0.2) is 38.1 Å². The Kier molecular flexibility index (Phi) is 5.23. The van der Waals surface area contributed by atoms with Gasteiger partial charge >= 0.3 is 0 Å². The summed E-state index contributed by atoms with van der Waals surface area (Å²) in [6, 6.07) is 2.17. The van der Waals surface area contributed by atoms with Crippen molar-refractivity contribution in [3.63, 3.8) is 0 Å². The van der Waals surface area contributed by atoms with Gasteiger partial charge in [0.05, 0.1) is 12.0 Å². The van der Waals surface area contributed by atoms with Gasteiger partial charge in [0.15, 0.2) is 0 Å². The number of piperidine rings is 1. The molecule has 1 saturated heterocycles. The lowest BCUT2D eigenvalue weighted by atomic mass is 10.0. The fourth-order valence-electron chi connectivity index (χ4n) is 2.53. The summed E-state index contributed by atoms with van der Waals surface area (Å²) < 4.78 is 31.2. The minimum Gasteiger partial charge on any atom is -0.469 e. The average molecular weight is 300 g/mol. The Labute approximate surface area is 121 Å². The molecule has 2 rings (SSSR count). The van der Waals surface area contributed by atoms with E-state index >= 15 is 0 Å². The van der Waals surface area contributed by atoms with Gasteiger partial charge in [-0.3, -0.25) is 0 Å². The molecule has 5 nitrogen and oxygen atoms in total. The number of furan rings is 1. The molecular formula is C14H24N2O3S. The molecule has 1 aromatic rings. The van der Waals surface area contributed by atoms with Gasteiger partial charge in [-0.15, -0.1) is 0 Å². The summed E-state index contributed by atoms with van der Waals surface area (Å²) in [5, 5.41) is 3.39. The second kappa shape index (κ2) is 6.74. The number of hydrogen-bond acceptors (Lipinski definition) is 4. The molecule has 0 spiro atoms. The summed E-state index contributed by atoms with van der Waals surface area (Å²) in [5.41, 5.74) is 0.923. The zero-order valence-electron chi connectivity index (χ0n) is 12.3. The Hall–Kier alpha value is -0.850. The van der Waals surface area contributed by atoms with Crippen LogP contribution in [0, 0.1) is 6.92 Å². The van der Waals surface area contributed by atoms with Crippen LogP contribution in [0.15, 0.2) is 16.7 Å². The van der Waals surface area contributed by atoms with Crippen molar-refractivity contribution in [1.29, 1.82) is 0 Å². The number of nitrogens with one attached hydrogen (secondary N) is 1. The molecule has 1 fully saturated rings. The Morgan fingerprint density at radius 2 is 2.25 bits per heavy atom. The molecule has 0 aromatic carbocycles. The lowest BCUT2D eigenvalue weighted by Crippen LogP contribution is -2.37. The highest BCUT2D eigenvalue weighted by atomic mass is 32.2. The van der Waals surface area contributed by atoms with Gasteiger partial charge in [0.2, 0.25) is 10.0 Å². The van der Waals surface area contributed by atoms with Crippen molar-refractivity contribution in [3.8, 4) is 0 Å². The summed E-state index contributed by atoms with van der Waals surface area (Å²) in [6.45, 7) is 3.24. The van der Waals surface area contributed by atoms with Gasteiger partial charge in [-0.2, -0.15) is 0 Å². The molecule has 20 heavy (non-hydrogen) atoms. The number of nitrogens with zero attached hydrogens (tertiary/aromatic N) is 1. The first-order valence-corrected chi connectivity index (χ1v) is 8.80. The summed E-state index contributed by atoms with van der Waals surface area (Å²) in [7, 11) is -1.57. The molecule has 1 N–H and O–H groups in total. The van der Waals surface area contributed by atoms with Crippen molar-refractivity contribution >= 4 is 10.0 Å². The predicted molar refractivity (Wildman–Crippen MR) is 79.0 cm³/mol. The van der Waals surface area contributed by atoms with E-state index in [1.807, 2.05) is 13.0 Å². The third kappa shape index (κ3) is 4.07. The molecule has 1 atom stereocenters. The molecule has 2 heterocycles. The number of rotatable bonds is 6. The molecule has 6 heteroatoms. The normalized spacial score (nSPS) is 20.4. The smallest absolute Gasteiger partial charge is 0.214 e. The third-order valence-corrected chi connectivity index (χ3v) is 5.80. The fraction of sp³-hybridized carbons (Fsp3) is 0.714. The molecule has 0 aliphatic carbocycles. The monoisotopic (exact) mass is 300 g/mol. The van der Waals surface area contributed by atoms with Crippen molar-refractivity contribution in [1.82, 2.24) is 9.62 Å². The molecule has 1 aliphatic heterocycles. The van der Waals surface area contributed by atoms with E-state index in [-0.39, 0.29) is 5.75 Å². The minimum absolute atomic E-state index is 0.206. The standard InChI is InChI=1S/C14H24N2O3S/c1-12-13(6-9-19-12)11-16(2)20(17,18)10-7-14-5-3-4-8-15-14/h6,9,14-15H,3-5,7-8,10-11H2,1-2H3. The molecule has 1 aromatic heterocycles. The Bertz CT molecular complexity index is 518. The van der Waals surface area contributed by atoms with Gasteiger partial charge in [0.25, 0.3) is 0 Å². The van der Waals surface area contributed by atoms with Gasteiger partial charge in [-0.05, 0) is 38.8 Å². The fourth-order valence-corrected chi connectivity index (χ4v) is 3.76. The van der Waals surface area contributed by atoms with E-state index in [2.05, 4.69) is 5.32 Å². The molecule has 0 bridgehead atoms. The predicted octanol–water partition coefficient (Wildman–Crippen LogP) is 1.88. The summed E-state index contributed by atoms with van der Waals surface area (Å²) in [5.74, 6) is 0.985. The average Bonchev–Trinajstić information content (AvgIpc) is 2.83. The molecule has 114 valence electrons. The highest BCUT2D eigenvalue weighted by Gasteiger charge is 2.22. The van der Waals surface area contributed by atoms with Gasteiger partial charge in [-0.25, -0.2) is 12.7 Å². The lowest BCUT2D eigenvalue weighted by Gasteiger charge is -2.24. The lowest BCUT2D eigenvalue weighted by molar-refractivity contribution is 0.388. The Balaban J connectivity index is 1.87. The first-order valence-electron chi connectivity index (χ1n) is 7.19. The summed E-state index contributed by atoms with van der Waals surface area (Å²) >= 11 is 0. The molecule has 0 amide bonds. The van der Waals surface area contributed by atoms with Gasteiger partial charge in [-0.1, -0.05) is 6.42 Å². The summed E-state index contributed by atoms with van der Waals surface area (Å²) in [4.78, 5) is 0.